The van der Waals surface area contributed by atoms with Gasteiger partial charge in [0.15, 0.2) is 48.5 Å². The van der Waals surface area contributed by atoms with Crippen molar-refractivity contribution in [1.29, 1.82) is 21.6 Å². The summed E-state index contributed by atoms with van der Waals surface area (Å²) in [6, 6.07) is 17.4. The number of hydrogen-bond acceptors (Lipinski definition) is 15. The third-order valence-corrected chi connectivity index (χ3v) is 8.78. The van der Waals surface area contributed by atoms with Crippen LogP contribution in [0.2, 0.25) is 0 Å². The van der Waals surface area contributed by atoms with E-state index in [-0.39, 0.29) is 23.8 Å². The molecule has 29 nitrogen and oxygen atoms in total. The Balaban J connectivity index is 1.61. The molecule has 0 aliphatic rings. The third kappa shape index (κ3) is 13.7. The van der Waals surface area contributed by atoms with E-state index in [2.05, 4.69) is 41.9 Å². The summed E-state index contributed by atoms with van der Waals surface area (Å²) in [6.45, 7) is -0.316. The molecule has 0 saturated carbocycles. The molecular weight excluding hydrogens is 867 g/mol. The standard InChI is InChI=1S/C37H47N21O8/c38-22(60)23(54-33(39)40)50-28(62)25(56-35(43)44)52-30(64)26(57-36(45)46)53-29(63)24(55-34(41)42)51-27(61)21(17-8-2-1-3-9-17)49-31(65)32(66)58(37-47-13-6-14-48-37)15-19-18-10-5-4-7-16(18)11-12-20(19)59/h1-14,21,23-26,32,59,66H,15H2,(H2,38,60)(H,49,65)(H,50,62)(H,51,61)(H,52,64)(H,53,63)(H4,39,40,54)(H4,41,42,55)(H4,43,44,56)(H4,45,46,57). The molecule has 0 spiro atoms. The van der Waals surface area contributed by atoms with E-state index in [1.807, 2.05) is 16.0 Å². The minimum atomic E-state index is -2.13. The number of aromatic hydroxyl groups is 1. The normalized spacial score (nSPS) is 13.3. The number of amides is 6. The van der Waals surface area contributed by atoms with Crippen molar-refractivity contribution in [2.75, 3.05) is 4.90 Å². The average molecular weight is 914 g/mol. The van der Waals surface area contributed by atoms with E-state index in [1.54, 1.807) is 36.4 Å². The number of anilines is 1. The van der Waals surface area contributed by atoms with Crippen molar-refractivity contribution in [3.63, 3.8) is 0 Å². The maximum absolute atomic E-state index is 14.1. The van der Waals surface area contributed by atoms with Crippen molar-refractivity contribution < 1.29 is 39.0 Å². The molecule has 6 atom stereocenters. The summed E-state index contributed by atoms with van der Waals surface area (Å²) >= 11 is 0. The molecule has 4 rings (SSSR count). The minimum absolute atomic E-state index is 0.113. The van der Waals surface area contributed by atoms with Crippen molar-refractivity contribution in [2.24, 2.45) is 28.7 Å². The zero-order valence-electron chi connectivity index (χ0n) is 34.3. The smallest absolute Gasteiger partial charge is 0.271 e. The van der Waals surface area contributed by atoms with Gasteiger partial charge >= 0.3 is 0 Å². The van der Waals surface area contributed by atoms with Gasteiger partial charge in [0.05, 0.1) is 6.54 Å². The number of fused-ring (bicyclic) bond motifs is 1. The molecule has 3 aromatic carbocycles. The molecule has 348 valence electrons. The molecule has 0 aliphatic carbocycles. The van der Waals surface area contributed by atoms with Crippen molar-refractivity contribution in [1.82, 2.24) is 57.8 Å². The molecule has 0 bridgehead atoms. The van der Waals surface area contributed by atoms with E-state index in [4.69, 9.17) is 50.3 Å². The Bertz CT molecular complexity index is 2480. The van der Waals surface area contributed by atoms with E-state index < -0.39 is 96.2 Å². The zero-order chi connectivity index (χ0) is 48.7. The van der Waals surface area contributed by atoms with Gasteiger partial charge < -0.3 is 91.6 Å². The van der Waals surface area contributed by atoms with Crippen LogP contribution in [0.5, 0.6) is 5.75 Å². The molecular formula is C37H47N21O8. The second-order valence-electron chi connectivity index (χ2n) is 13.6. The Morgan fingerprint density at radius 3 is 1.50 bits per heavy atom. The number of phenolic OH excluding ortho intramolecular Hbond substituents is 1. The number of aliphatic hydroxyl groups is 1. The van der Waals surface area contributed by atoms with Crippen LogP contribution < -0.4 is 81.4 Å². The van der Waals surface area contributed by atoms with E-state index in [0.717, 1.165) is 10.3 Å². The first-order valence-electron chi connectivity index (χ1n) is 18.9. The van der Waals surface area contributed by atoms with Crippen molar-refractivity contribution in [3.05, 3.63) is 96.3 Å². The number of nitrogens with zero attached hydrogens (tertiary/aromatic N) is 3. The van der Waals surface area contributed by atoms with Gasteiger partial charge in [-0.3, -0.25) is 50.4 Å². The number of carbonyl (C=O) groups is 6. The number of aromatic nitrogens is 2. The van der Waals surface area contributed by atoms with Crippen molar-refractivity contribution in [2.45, 2.75) is 43.5 Å². The lowest BCUT2D eigenvalue weighted by Crippen LogP contribution is -2.68. The van der Waals surface area contributed by atoms with Crippen molar-refractivity contribution in [3.8, 4) is 5.75 Å². The monoisotopic (exact) mass is 913 g/mol. The number of phenols is 1. The highest BCUT2D eigenvalue weighted by molar-refractivity contribution is 6.00. The molecule has 0 fully saturated rings. The molecule has 29 heteroatoms. The van der Waals surface area contributed by atoms with Crippen LogP contribution in [0.25, 0.3) is 10.8 Å². The van der Waals surface area contributed by atoms with Crippen molar-refractivity contribution >= 4 is 76.0 Å². The van der Waals surface area contributed by atoms with E-state index in [1.165, 1.54) is 48.8 Å². The molecule has 1 heterocycles. The molecule has 0 aliphatic heterocycles. The van der Waals surface area contributed by atoms with Gasteiger partial charge in [-0.2, -0.15) is 0 Å². The molecule has 0 saturated heterocycles. The van der Waals surface area contributed by atoms with E-state index >= 15 is 0 Å². The molecule has 4 aromatic rings. The van der Waals surface area contributed by atoms with Crippen LogP contribution in [0.4, 0.5) is 5.95 Å². The van der Waals surface area contributed by atoms with Crippen LogP contribution in [-0.2, 0) is 35.3 Å². The topological polar surface area (TPSA) is 506 Å². The number of hydrogen-bond donors (Lipinski definition) is 20. The first kappa shape index (κ1) is 49.1. The van der Waals surface area contributed by atoms with Gasteiger partial charge in [-0.15, -0.1) is 0 Å². The molecule has 25 N–H and O–H groups in total. The fourth-order valence-corrected chi connectivity index (χ4v) is 5.88. The fraction of sp³-hybridized carbons (Fsp3) is 0.189. The number of benzene rings is 3. The van der Waals surface area contributed by atoms with Gasteiger partial charge in [0, 0.05) is 18.0 Å². The first-order valence-corrected chi connectivity index (χ1v) is 18.9. The Morgan fingerprint density at radius 2 is 1.00 bits per heavy atom. The van der Waals surface area contributed by atoms with Gasteiger partial charge in [-0.05, 0) is 28.5 Å². The molecule has 0 radical (unpaired) electrons. The molecule has 66 heavy (non-hydrogen) atoms. The summed E-state index contributed by atoms with van der Waals surface area (Å²) in [4.78, 5) is 89.7. The zero-order valence-corrected chi connectivity index (χ0v) is 34.3. The summed E-state index contributed by atoms with van der Waals surface area (Å²) in [5.74, 6) is -11.4. The predicted octanol–water partition coefficient (Wildman–Crippen LogP) is -6.30. The first-order chi connectivity index (χ1) is 31.2. The lowest BCUT2D eigenvalue weighted by Gasteiger charge is -2.30. The van der Waals surface area contributed by atoms with Gasteiger partial charge in [0.1, 0.15) is 11.8 Å². The number of nitrogens with one attached hydrogen (secondary N) is 13. The maximum atomic E-state index is 14.1. The quantitative estimate of drug-likeness (QED) is 0.0223. The highest BCUT2D eigenvalue weighted by Gasteiger charge is 2.35. The summed E-state index contributed by atoms with van der Waals surface area (Å²) in [5.41, 5.74) is 27.2. The number of rotatable bonds is 20. The number of primary amides is 1. The number of carbonyl (C=O) groups excluding carboxylic acids is 6. The Hall–Kier alpha value is -9.54. The average Bonchev–Trinajstić information content (AvgIpc) is 3.26. The minimum Gasteiger partial charge on any atom is -0.508 e. The van der Waals surface area contributed by atoms with Crippen LogP contribution in [0.3, 0.4) is 0 Å². The third-order valence-electron chi connectivity index (χ3n) is 8.78. The van der Waals surface area contributed by atoms with E-state index in [9.17, 15) is 39.0 Å². The highest BCUT2D eigenvalue weighted by atomic mass is 16.3. The summed E-state index contributed by atoms with van der Waals surface area (Å²) in [7, 11) is 0. The number of guanidine groups is 4. The largest absolute Gasteiger partial charge is 0.508 e. The van der Waals surface area contributed by atoms with Gasteiger partial charge in [0.25, 0.3) is 29.5 Å². The lowest BCUT2D eigenvalue weighted by molar-refractivity contribution is -0.136. The Morgan fingerprint density at radius 1 is 0.545 bits per heavy atom. The van der Waals surface area contributed by atoms with Gasteiger partial charge in [-0.1, -0.05) is 60.7 Å². The molecule has 1 aromatic heterocycles. The van der Waals surface area contributed by atoms with Crippen LogP contribution in [0.15, 0.2) is 85.2 Å². The van der Waals surface area contributed by atoms with Gasteiger partial charge in [-0.25, -0.2) is 9.97 Å². The second kappa shape index (κ2) is 22.5. The molecule has 6 unspecified atom stereocenters. The number of nitrogens with two attached hydrogens (primary N) is 5. The lowest BCUT2D eigenvalue weighted by atomic mass is 10.0. The predicted molar refractivity (Wildman–Crippen MR) is 234 cm³/mol. The SMILES string of the molecule is N=C(N)NC(NC(=O)C(NC(=N)N)NC(=O)C(NC(=N)N)NC(=O)C(NC(=N)N)NC(=O)C(NC(=O)C(O)N(Cc1c(O)ccc2ccccc12)c1ncccn1)c1ccccc1)C(N)=O. The Kier molecular flexibility index (Phi) is 16.8. The van der Waals surface area contributed by atoms with Crippen LogP contribution in [0.1, 0.15) is 17.2 Å². The van der Waals surface area contributed by atoms with Crippen LogP contribution in [0, 0.1) is 21.6 Å². The van der Waals surface area contributed by atoms with Crippen LogP contribution in [-0.4, -0.2) is 110 Å². The Labute approximate surface area is 373 Å². The van der Waals surface area contributed by atoms with Crippen LogP contribution >= 0.6 is 0 Å². The fourth-order valence-electron chi connectivity index (χ4n) is 5.88. The van der Waals surface area contributed by atoms with Gasteiger partial charge in [0.2, 0.25) is 18.1 Å². The second-order valence-corrected chi connectivity index (χ2v) is 13.6. The number of aliphatic hydroxyl groups excluding tert-OH is 1. The maximum Gasteiger partial charge on any atom is 0.271 e. The summed E-state index contributed by atoms with van der Waals surface area (Å²) < 4.78 is 0. The van der Waals surface area contributed by atoms with E-state index in [0.29, 0.717) is 10.9 Å². The summed E-state index contributed by atoms with van der Waals surface area (Å²) in [6.07, 6.45) is -7.40. The summed E-state index contributed by atoms with van der Waals surface area (Å²) in [5, 5.41) is 73.5. The molecule has 6 amide bonds. The highest BCUT2D eigenvalue weighted by Crippen LogP contribution is 2.30.